The predicted molar refractivity (Wildman–Crippen MR) is 120 cm³/mol. The molecule has 0 saturated heterocycles. The number of hydrogen-bond donors (Lipinski definition) is 2. The van der Waals surface area contributed by atoms with E-state index in [9.17, 15) is 22.8 Å². The molecule has 0 bridgehead atoms. The van der Waals surface area contributed by atoms with E-state index in [1.807, 2.05) is 0 Å². The molecule has 1 heterocycles. The number of benzene rings is 3. The second-order valence-electron chi connectivity index (χ2n) is 8.33. The minimum Gasteiger partial charge on any atom is -0.478 e. The lowest BCUT2D eigenvalue weighted by Gasteiger charge is -2.18. The fourth-order valence-corrected chi connectivity index (χ4v) is 4.00. The molecule has 1 aromatic heterocycles. The zero-order valence-electron chi connectivity index (χ0n) is 18.1. The van der Waals surface area contributed by atoms with Crippen LogP contribution in [0.3, 0.4) is 0 Å². The first-order valence-corrected chi connectivity index (χ1v) is 10.7. The van der Waals surface area contributed by atoms with Crippen LogP contribution in [-0.4, -0.2) is 17.0 Å². The molecule has 178 valence electrons. The van der Waals surface area contributed by atoms with E-state index in [2.05, 4.69) is 5.32 Å². The molecule has 9 heteroatoms. The number of aromatic carboxylic acids is 1. The third kappa shape index (κ3) is 4.32. The van der Waals surface area contributed by atoms with Crippen LogP contribution in [0.1, 0.15) is 44.7 Å². The van der Waals surface area contributed by atoms with Crippen molar-refractivity contribution in [3.63, 3.8) is 0 Å². The van der Waals surface area contributed by atoms with Crippen LogP contribution in [0.4, 0.5) is 13.2 Å². The Bertz CT molecular complexity index is 1440. The summed E-state index contributed by atoms with van der Waals surface area (Å²) in [5.74, 6) is -1.33. The third-order valence-electron chi connectivity index (χ3n) is 5.98. The van der Waals surface area contributed by atoms with Crippen molar-refractivity contribution in [2.75, 3.05) is 0 Å². The number of ether oxygens (including phenoxy) is 1. The summed E-state index contributed by atoms with van der Waals surface area (Å²) in [6, 6.07) is 15.6. The molecular weight excluding hydrogens is 463 g/mol. The van der Waals surface area contributed by atoms with Gasteiger partial charge in [0.1, 0.15) is 23.3 Å². The second-order valence-corrected chi connectivity index (χ2v) is 8.33. The van der Waals surface area contributed by atoms with Crippen LogP contribution in [0.25, 0.3) is 11.0 Å². The van der Waals surface area contributed by atoms with Gasteiger partial charge in [0.05, 0.1) is 27.6 Å². The van der Waals surface area contributed by atoms with E-state index in [-0.39, 0.29) is 22.6 Å². The summed E-state index contributed by atoms with van der Waals surface area (Å²) in [4.78, 5) is 24.4. The summed E-state index contributed by atoms with van der Waals surface area (Å²) in [6.07, 6.45) is -1.89. The SMILES string of the molecule is O=C(O)c1ccc(C2(NC(=O)c3coc4cccc(Oc5cccc(C(F)(F)F)c5)c34)CC2)cc1. The number of hydrogen-bond acceptors (Lipinski definition) is 4. The molecule has 3 aromatic carbocycles. The molecule has 1 amide bonds. The summed E-state index contributed by atoms with van der Waals surface area (Å²) < 4.78 is 50.5. The molecule has 0 radical (unpaired) electrons. The van der Waals surface area contributed by atoms with Gasteiger partial charge in [0.2, 0.25) is 0 Å². The fourth-order valence-electron chi connectivity index (χ4n) is 4.00. The smallest absolute Gasteiger partial charge is 0.416 e. The lowest BCUT2D eigenvalue weighted by Crippen LogP contribution is -2.34. The van der Waals surface area contributed by atoms with Crippen molar-refractivity contribution in [2.45, 2.75) is 24.6 Å². The first kappa shape index (κ1) is 22.5. The van der Waals surface area contributed by atoms with Gasteiger partial charge >= 0.3 is 12.1 Å². The Morgan fingerprint density at radius 1 is 1.00 bits per heavy atom. The molecule has 0 spiro atoms. The van der Waals surface area contributed by atoms with Gasteiger partial charge in [0, 0.05) is 0 Å². The predicted octanol–water partition coefficient (Wildman–Crippen LogP) is 6.36. The van der Waals surface area contributed by atoms with E-state index < -0.39 is 29.2 Å². The number of furan rings is 1. The molecule has 2 N–H and O–H groups in total. The van der Waals surface area contributed by atoms with Crippen molar-refractivity contribution in [2.24, 2.45) is 0 Å². The molecule has 0 unspecified atom stereocenters. The molecule has 5 rings (SSSR count). The summed E-state index contributed by atoms with van der Waals surface area (Å²) in [7, 11) is 0. The van der Waals surface area contributed by atoms with Crippen molar-refractivity contribution in [3.05, 3.63) is 95.2 Å². The topological polar surface area (TPSA) is 88.8 Å². The minimum atomic E-state index is -4.52. The minimum absolute atomic E-state index is 0.0305. The van der Waals surface area contributed by atoms with Gasteiger partial charge < -0.3 is 19.6 Å². The highest BCUT2D eigenvalue weighted by molar-refractivity contribution is 6.08. The third-order valence-corrected chi connectivity index (χ3v) is 5.98. The van der Waals surface area contributed by atoms with Crippen LogP contribution in [-0.2, 0) is 11.7 Å². The van der Waals surface area contributed by atoms with Crippen molar-refractivity contribution in [1.82, 2.24) is 5.32 Å². The number of carboxylic acids is 1. The van der Waals surface area contributed by atoms with Crippen LogP contribution >= 0.6 is 0 Å². The van der Waals surface area contributed by atoms with E-state index in [4.69, 9.17) is 14.3 Å². The monoisotopic (exact) mass is 481 g/mol. The molecule has 1 saturated carbocycles. The lowest BCUT2D eigenvalue weighted by atomic mass is 10.0. The highest BCUT2D eigenvalue weighted by Gasteiger charge is 2.46. The number of nitrogens with one attached hydrogen (secondary N) is 1. The summed E-state index contributed by atoms with van der Waals surface area (Å²) >= 11 is 0. The zero-order valence-corrected chi connectivity index (χ0v) is 18.1. The molecule has 35 heavy (non-hydrogen) atoms. The molecule has 0 aliphatic heterocycles. The van der Waals surface area contributed by atoms with Crippen LogP contribution in [0.2, 0.25) is 0 Å². The van der Waals surface area contributed by atoms with Gasteiger partial charge in [-0.25, -0.2) is 4.79 Å². The van der Waals surface area contributed by atoms with Crippen molar-refractivity contribution >= 4 is 22.8 Å². The van der Waals surface area contributed by atoms with Gasteiger partial charge in [-0.1, -0.05) is 24.3 Å². The zero-order chi connectivity index (χ0) is 24.8. The number of halogens is 3. The average molecular weight is 481 g/mol. The van der Waals surface area contributed by atoms with Gasteiger partial charge in [0.25, 0.3) is 5.91 Å². The molecular formula is C26H18F3NO5. The highest BCUT2D eigenvalue weighted by atomic mass is 19.4. The molecule has 0 atom stereocenters. The van der Waals surface area contributed by atoms with Crippen molar-refractivity contribution in [3.8, 4) is 11.5 Å². The van der Waals surface area contributed by atoms with E-state index in [0.29, 0.717) is 23.8 Å². The highest BCUT2D eigenvalue weighted by Crippen LogP contribution is 2.46. The Morgan fingerprint density at radius 2 is 1.71 bits per heavy atom. The lowest BCUT2D eigenvalue weighted by molar-refractivity contribution is -0.137. The number of alkyl halides is 3. The van der Waals surface area contributed by atoms with E-state index in [1.165, 1.54) is 30.5 Å². The molecule has 4 aromatic rings. The quantitative estimate of drug-likeness (QED) is 0.335. The number of fused-ring (bicyclic) bond motifs is 1. The normalized spacial score (nSPS) is 14.5. The first-order valence-electron chi connectivity index (χ1n) is 10.7. The molecule has 6 nitrogen and oxygen atoms in total. The summed E-state index contributed by atoms with van der Waals surface area (Å²) in [5, 5.41) is 12.4. The van der Waals surface area contributed by atoms with E-state index in [0.717, 1.165) is 17.7 Å². The van der Waals surface area contributed by atoms with Crippen LogP contribution < -0.4 is 10.1 Å². The Morgan fingerprint density at radius 3 is 2.37 bits per heavy atom. The van der Waals surface area contributed by atoms with Gasteiger partial charge in [-0.3, -0.25) is 4.79 Å². The molecule has 1 aliphatic rings. The Kier molecular flexibility index (Phi) is 5.27. The largest absolute Gasteiger partial charge is 0.478 e. The maximum Gasteiger partial charge on any atom is 0.416 e. The number of rotatable bonds is 6. The van der Waals surface area contributed by atoms with E-state index >= 15 is 0 Å². The number of carbonyl (C=O) groups excluding carboxylic acids is 1. The van der Waals surface area contributed by atoms with Gasteiger partial charge in [-0.05, 0) is 60.9 Å². The van der Waals surface area contributed by atoms with Crippen LogP contribution in [0, 0.1) is 0 Å². The fraction of sp³-hybridized carbons (Fsp3) is 0.154. The summed E-state index contributed by atoms with van der Waals surface area (Å²) in [5.41, 5.74) is -0.0328. The van der Waals surface area contributed by atoms with Crippen LogP contribution in [0.15, 0.2) is 77.4 Å². The first-order chi connectivity index (χ1) is 16.7. The standard InChI is InChI=1S/C26H18F3NO5/c27-26(28,29)17-3-1-4-18(13-17)35-21-6-2-5-20-22(21)19(14-34-20)23(31)30-25(11-12-25)16-9-7-15(8-10-16)24(32)33/h1-10,13-14H,11-12H2,(H,30,31)(H,32,33). The average Bonchev–Trinajstić information content (AvgIpc) is 3.47. The van der Waals surface area contributed by atoms with Crippen molar-refractivity contribution in [1.29, 1.82) is 0 Å². The Balaban J connectivity index is 1.44. The van der Waals surface area contributed by atoms with Gasteiger partial charge in [-0.2, -0.15) is 13.2 Å². The molecule has 1 fully saturated rings. The Labute approximate surface area is 196 Å². The molecule has 1 aliphatic carbocycles. The number of carbonyl (C=O) groups is 2. The maximum absolute atomic E-state index is 13.2. The van der Waals surface area contributed by atoms with Gasteiger partial charge in [-0.15, -0.1) is 0 Å². The summed E-state index contributed by atoms with van der Waals surface area (Å²) in [6.45, 7) is 0. The Hall–Kier alpha value is -4.27. The van der Waals surface area contributed by atoms with Crippen molar-refractivity contribution < 1.29 is 37.0 Å². The number of carboxylic acid groups (broad SMARTS) is 1. The van der Waals surface area contributed by atoms with Gasteiger partial charge in [0.15, 0.2) is 0 Å². The second kappa shape index (κ2) is 8.19. The maximum atomic E-state index is 13.2. The number of amides is 1. The van der Waals surface area contributed by atoms with Crippen LogP contribution in [0.5, 0.6) is 11.5 Å². The van der Waals surface area contributed by atoms with E-state index in [1.54, 1.807) is 30.3 Å².